The number of hydrogen-bond acceptors (Lipinski definition) is 5. The molecule has 0 aliphatic carbocycles. The van der Waals surface area contributed by atoms with Gasteiger partial charge in [-0.1, -0.05) is 23.9 Å². The number of nitriles is 1. The largest absolute Gasteiger partial charge is 0.324 e. The minimum atomic E-state index is -0.473. The van der Waals surface area contributed by atoms with Gasteiger partial charge in [-0.25, -0.2) is 4.39 Å². The zero-order valence-electron chi connectivity index (χ0n) is 10.3. The highest BCUT2D eigenvalue weighted by atomic mass is 32.2. The molecule has 1 heterocycles. The Morgan fingerprint density at radius 3 is 2.89 bits per heavy atom. The van der Waals surface area contributed by atoms with E-state index in [9.17, 15) is 4.39 Å². The van der Waals surface area contributed by atoms with Crippen molar-refractivity contribution >= 4 is 11.8 Å². The van der Waals surface area contributed by atoms with E-state index >= 15 is 0 Å². The molecule has 0 atom stereocenters. The summed E-state index contributed by atoms with van der Waals surface area (Å²) in [5, 5.41) is 17.3. The molecule has 2 N–H and O–H groups in total. The lowest BCUT2D eigenvalue weighted by molar-refractivity contribution is 0.613. The Kier molecular flexibility index (Phi) is 4.14. The van der Waals surface area contributed by atoms with Crippen LogP contribution in [0.15, 0.2) is 23.4 Å². The fraction of sp³-hybridized carbons (Fsp3) is 0.250. The van der Waals surface area contributed by atoms with Crippen molar-refractivity contribution in [1.29, 1.82) is 5.26 Å². The molecule has 0 amide bonds. The maximum Gasteiger partial charge on any atom is 0.191 e. The lowest BCUT2D eigenvalue weighted by Crippen LogP contribution is -2.05. The number of nitrogens with two attached hydrogens (primary N) is 1. The van der Waals surface area contributed by atoms with Gasteiger partial charge in [-0.2, -0.15) is 5.26 Å². The van der Waals surface area contributed by atoms with Crippen molar-refractivity contribution in [1.82, 2.24) is 14.8 Å². The molecule has 0 aliphatic heterocycles. The van der Waals surface area contributed by atoms with Crippen LogP contribution < -0.4 is 5.73 Å². The predicted molar refractivity (Wildman–Crippen MR) is 69.6 cm³/mol. The molecule has 0 radical (unpaired) electrons. The molecule has 0 aliphatic rings. The smallest absolute Gasteiger partial charge is 0.191 e. The van der Waals surface area contributed by atoms with Crippen LogP contribution in [0.3, 0.4) is 0 Å². The van der Waals surface area contributed by atoms with Gasteiger partial charge in [0, 0.05) is 12.8 Å². The SMILES string of the molecule is Cn1c(CN)nnc1SCc1cccc(C#N)c1F. The molecule has 0 bridgehead atoms. The summed E-state index contributed by atoms with van der Waals surface area (Å²) in [6, 6.07) is 6.60. The molecular formula is C12H12FN5S. The highest BCUT2D eigenvalue weighted by Crippen LogP contribution is 2.23. The van der Waals surface area contributed by atoms with Crippen molar-refractivity contribution < 1.29 is 4.39 Å². The lowest BCUT2D eigenvalue weighted by Gasteiger charge is -2.04. The van der Waals surface area contributed by atoms with E-state index in [2.05, 4.69) is 10.2 Å². The molecule has 19 heavy (non-hydrogen) atoms. The minimum absolute atomic E-state index is 0.0544. The van der Waals surface area contributed by atoms with Crippen LogP contribution in [-0.2, 0) is 19.3 Å². The van der Waals surface area contributed by atoms with Crippen molar-refractivity contribution in [3.8, 4) is 6.07 Å². The van der Waals surface area contributed by atoms with Crippen LogP contribution in [0.4, 0.5) is 4.39 Å². The van der Waals surface area contributed by atoms with Crippen LogP contribution in [0.1, 0.15) is 17.0 Å². The first kappa shape index (κ1) is 13.5. The van der Waals surface area contributed by atoms with Crippen LogP contribution in [0.2, 0.25) is 0 Å². The van der Waals surface area contributed by atoms with Crippen molar-refractivity contribution in [3.63, 3.8) is 0 Å². The van der Waals surface area contributed by atoms with Crippen LogP contribution in [0.5, 0.6) is 0 Å². The van der Waals surface area contributed by atoms with Gasteiger partial charge >= 0.3 is 0 Å². The van der Waals surface area contributed by atoms with Crippen LogP contribution in [0.25, 0.3) is 0 Å². The third kappa shape index (κ3) is 2.75. The van der Waals surface area contributed by atoms with Gasteiger partial charge in [0.1, 0.15) is 17.7 Å². The summed E-state index contributed by atoms with van der Waals surface area (Å²) in [6.07, 6.45) is 0. The quantitative estimate of drug-likeness (QED) is 0.858. The van der Waals surface area contributed by atoms with Crippen LogP contribution in [0, 0.1) is 17.1 Å². The van der Waals surface area contributed by atoms with Gasteiger partial charge in [0.05, 0.1) is 12.1 Å². The number of hydrogen-bond donors (Lipinski definition) is 1. The topological polar surface area (TPSA) is 80.5 Å². The fourth-order valence-electron chi connectivity index (χ4n) is 1.57. The zero-order chi connectivity index (χ0) is 13.8. The Morgan fingerprint density at radius 1 is 1.47 bits per heavy atom. The summed E-state index contributed by atoms with van der Waals surface area (Å²) < 4.78 is 15.6. The highest BCUT2D eigenvalue weighted by Gasteiger charge is 2.11. The second kappa shape index (κ2) is 5.82. The van der Waals surface area contributed by atoms with Crippen molar-refractivity contribution in [2.75, 3.05) is 0 Å². The van der Waals surface area contributed by atoms with E-state index in [1.807, 2.05) is 13.1 Å². The second-order valence-corrected chi connectivity index (χ2v) is 4.78. The molecule has 2 rings (SSSR count). The third-order valence-corrected chi connectivity index (χ3v) is 3.73. The van der Waals surface area contributed by atoms with Gasteiger partial charge in [0.15, 0.2) is 5.16 Å². The van der Waals surface area contributed by atoms with E-state index in [4.69, 9.17) is 11.0 Å². The van der Waals surface area contributed by atoms with E-state index in [0.717, 1.165) is 0 Å². The molecule has 7 heteroatoms. The summed E-state index contributed by atoms with van der Waals surface area (Å²) in [6.45, 7) is 0.308. The van der Waals surface area contributed by atoms with Gasteiger partial charge in [0.25, 0.3) is 0 Å². The molecule has 1 aromatic carbocycles. The molecule has 0 fully saturated rings. The first-order valence-electron chi connectivity index (χ1n) is 5.56. The molecule has 0 unspecified atom stereocenters. The first-order valence-corrected chi connectivity index (χ1v) is 6.54. The van der Waals surface area contributed by atoms with E-state index in [0.29, 0.717) is 28.8 Å². The zero-order valence-corrected chi connectivity index (χ0v) is 11.1. The average Bonchev–Trinajstić information content (AvgIpc) is 2.78. The van der Waals surface area contributed by atoms with Crippen molar-refractivity contribution in [2.24, 2.45) is 12.8 Å². The monoisotopic (exact) mass is 277 g/mol. The Hall–Kier alpha value is -1.91. The molecule has 0 spiro atoms. The minimum Gasteiger partial charge on any atom is -0.324 e. The standard InChI is InChI=1S/C12H12FN5S/c1-18-10(6-15)16-17-12(18)19-7-9-4-2-3-8(5-14)11(9)13/h2-4H,6-7,15H2,1H3. The van der Waals surface area contributed by atoms with E-state index in [-0.39, 0.29) is 5.56 Å². The van der Waals surface area contributed by atoms with Crippen LogP contribution >= 0.6 is 11.8 Å². The Balaban J connectivity index is 2.15. The number of nitrogens with zero attached hydrogens (tertiary/aromatic N) is 4. The van der Waals surface area contributed by atoms with Crippen molar-refractivity contribution in [2.45, 2.75) is 17.5 Å². The first-order chi connectivity index (χ1) is 9.17. The number of rotatable bonds is 4. The summed E-state index contributed by atoms with van der Waals surface area (Å²) in [5.41, 5.74) is 6.03. The molecule has 0 saturated carbocycles. The highest BCUT2D eigenvalue weighted by molar-refractivity contribution is 7.98. The predicted octanol–water partition coefficient (Wildman–Crippen LogP) is 1.58. The number of aromatic nitrogens is 3. The average molecular weight is 277 g/mol. The molecule has 1 aromatic heterocycles. The fourth-order valence-corrected chi connectivity index (χ4v) is 2.47. The van der Waals surface area contributed by atoms with E-state index < -0.39 is 5.82 Å². The number of thioether (sulfide) groups is 1. The third-order valence-electron chi connectivity index (χ3n) is 2.66. The molecule has 5 nitrogen and oxygen atoms in total. The Labute approximate surface area is 114 Å². The molecular weight excluding hydrogens is 265 g/mol. The van der Waals surface area contributed by atoms with E-state index in [1.165, 1.54) is 17.8 Å². The van der Waals surface area contributed by atoms with Gasteiger partial charge < -0.3 is 10.3 Å². The van der Waals surface area contributed by atoms with Gasteiger partial charge in [-0.3, -0.25) is 0 Å². The van der Waals surface area contributed by atoms with E-state index in [1.54, 1.807) is 16.7 Å². The number of halogens is 1. The summed E-state index contributed by atoms with van der Waals surface area (Å²) >= 11 is 1.35. The molecule has 98 valence electrons. The second-order valence-electron chi connectivity index (χ2n) is 3.84. The van der Waals surface area contributed by atoms with Gasteiger partial charge in [-0.15, -0.1) is 10.2 Å². The number of benzene rings is 1. The lowest BCUT2D eigenvalue weighted by atomic mass is 10.1. The van der Waals surface area contributed by atoms with Crippen molar-refractivity contribution in [3.05, 3.63) is 41.0 Å². The molecule has 2 aromatic rings. The maximum absolute atomic E-state index is 13.8. The molecule has 0 saturated heterocycles. The Bertz CT molecular complexity index is 632. The Morgan fingerprint density at radius 2 is 2.26 bits per heavy atom. The maximum atomic E-state index is 13.8. The van der Waals surface area contributed by atoms with Crippen LogP contribution in [-0.4, -0.2) is 14.8 Å². The van der Waals surface area contributed by atoms with Gasteiger partial charge in [-0.05, 0) is 11.6 Å². The normalized spacial score (nSPS) is 10.4. The summed E-state index contributed by atoms with van der Waals surface area (Å²) in [5.74, 6) is 0.588. The summed E-state index contributed by atoms with van der Waals surface area (Å²) in [7, 11) is 1.81. The van der Waals surface area contributed by atoms with Gasteiger partial charge in [0.2, 0.25) is 0 Å². The summed E-state index contributed by atoms with van der Waals surface area (Å²) in [4.78, 5) is 0.